The predicted molar refractivity (Wildman–Crippen MR) is 167 cm³/mol. The van der Waals surface area contributed by atoms with Crippen molar-refractivity contribution in [2.45, 2.75) is 62.2 Å². The van der Waals surface area contributed by atoms with E-state index in [2.05, 4.69) is 10.6 Å². The number of ether oxygens (including phenoxy) is 1. The van der Waals surface area contributed by atoms with Gasteiger partial charge in [0.25, 0.3) is 0 Å². The van der Waals surface area contributed by atoms with E-state index in [4.69, 9.17) is 15.0 Å². The van der Waals surface area contributed by atoms with Crippen LogP contribution in [0.3, 0.4) is 0 Å². The minimum absolute atomic E-state index is 0.0276. The van der Waals surface area contributed by atoms with Crippen LogP contribution in [0.25, 0.3) is 11.1 Å². The van der Waals surface area contributed by atoms with E-state index in [0.717, 1.165) is 16.8 Å². The molecule has 12 heteroatoms. The molecule has 0 fully saturated rings. The molecule has 1 heterocycles. The van der Waals surface area contributed by atoms with Gasteiger partial charge in [-0.2, -0.15) is 0 Å². The largest absolute Gasteiger partial charge is 0.497 e. The van der Waals surface area contributed by atoms with Crippen LogP contribution < -0.4 is 25.4 Å². The molecule has 6 N–H and O–H groups in total. The summed E-state index contributed by atoms with van der Waals surface area (Å²) >= 11 is 0. The average Bonchev–Trinajstić information content (AvgIpc) is 3.11. The van der Waals surface area contributed by atoms with Gasteiger partial charge in [-0.3, -0.25) is 9.59 Å². The number of benzene rings is 3. The van der Waals surface area contributed by atoms with E-state index in [9.17, 15) is 23.1 Å². The maximum atomic E-state index is 14.0. The zero-order valence-corrected chi connectivity index (χ0v) is 25.9. The number of nitrogens with one attached hydrogen (secondary N) is 2. The van der Waals surface area contributed by atoms with Crippen LogP contribution in [0, 0.1) is 0 Å². The number of fused-ring (bicyclic) bond motifs is 1. The van der Waals surface area contributed by atoms with E-state index in [1.54, 1.807) is 48.4 Å². The summed E-state index contributed by atoms with van der Waals surface area (Å²) in [5.74, 6) is 0.0856. The number of aryl methyl sites for hydroxylation is 1. The quantitative estimate of drug-likeness (QED) is 0.204. The fraction of sp³-hybridized carbons (Fsp3) is 0.375. The molecule has 2 atom stereocenters. The number of carbonyl (C=O) groups is 2. The van der Waals surface area contributed by atoms with Gasteiger partial charge in [0, 0.05) is 29.8 Å². The first-order chi connectivity index (χ1) is 20.8. The SMILES string of the molecule is COc1ccc2c(c1)CC[C@@H](NC(=O)CC(C)(C)NC[C@H](O)CO)C(=O)N2Cc1ccc(-c2ccccc2S(N)(=O)=O)cc1. The van der Waals surface area contributed by atoms with E-state index < -0.39 is 34.3 Å². The van der Waals surface area contributed by atoms with Crippen LogP contribution >= 0.6 is 0 Å². The fourth-order valence-electron chi connectivity index (χ4n) is 5.27. The van der Waals surface area contributed by atoms with Crippen molar-refractivity contribution in [3.63, 3.8) is 0 Å². The van der Waals surface area contributed by atoms with Crippen molar-refractivity contribution in [1.29, 1.82) is 0 Å². The molecule has 0 saturated heterocycles. The molecular weight excluding hydrogens is 584 g/mol. The lowest BCUT2D eigenvalue weighted by atomic mass is 9.99. The number of aliphatic hydroxyl groups excluding tert-OH is 2. The highest BCUT2D eigenvalue weighted by atomic mass is 32.2. The van der Waals surface area contributed by atoms with E-state index >= 15 is 0 Å². The molecule has 1 aliphatic rings. The van der Waals surface area contributed by atoms with Crippen molar-refractivity contribution in [3.05, 3.63) is 77.9 Å². The molecule has 0 saturated carbocycles. The van der Waals surface area contributed by atoms with Crippen LogP contribution in [0.5, 0.6) is 5.75 Å². The Morgan fingerprint density at radius 2 is 1.84 bits per heavy atom. The number of anilines is 1. The predicted octanol–water partition coefficient (Wildman–Crippen LogP) is 2.09. The van der Waals surface area contributed by atoms with E-state index in [1.165, 1.54) is 6.07 Å². The third-order valence-corrected chi connectivity index (χ3v) is 8.58. The van der Waals surface area contributed by atoms with Gasteiger partial charge in [-0.05, 0) is 67.6 Å². The van der Waals surface area contributed by atoms with Crippen molar-refractivity contribution < 1.29 is 33.0 Å². The maximum Gasteiger partial charge on any atom is 0.249 e. The summed E-state index contributed by atoms with van der Waals surface area (Å²) in [6.45, 7) is 3.57. The zero-order chi connectivity index (χ0) is 32.1. The van der Waals surface area contributed by atoms with Gasteiger partial charge in [0.15, 0.2) is 0 Å². The second-order valence-electron chi connectivity index (χ2n) is 11.6. The number of hydrogen-bond donors (Lipinski definition) is 5. The van der Waals surface area contributed by atoms with Crippen LogP contribution in [0.1, 0.15) is 37.8 Å². The number of nitrogens with two attached hydrogens (primary N) is 1. The van der Waals surface area contributed by atoms with Crippen molar-refractivity contribution in [2.75, 3.05) is 25.2 Å². The molecule has 11 nitrogen and oxygen atoms in total. The lowest BCUT2D eigenvalue weighted by Crippen LogP contribution is -2.51. The number of aliphatic hydroxyl groups is 2. The highest BCUT2D eigenvalue weighted by molar-refractivity contribution is 7.89. The molecule has 2 amide bonds. The Kier molecular flexibility index (Phi) is 10.4. The van der Waals surface area contributed by atoms with Gasteiger partial charge >= 0.3 is 0 Å². The number of hydrogen-bond acceptors (Lipinski definition) is 8. The number of carbonyl (C=O) groups excluding carboxylic acids is 2. The molecular formula is C32H40N4O7S. The standard InChI is InChI=1S/C32H40N4O7S/c1-32(2,34-18-24(38)20-37)17-30(39)35-27-14-12-23-16-25(43-3)13-15-28(23)36(31(27)40)19-21-8-10-22(11-9-21)26-6-4-5-7-29(26)44(33,41)42/h4-11,13,15-16,24,27,34,37-38H,12,14,17-20H2,1-3H3,(H,35,39)(H2,33,41,42)/t24-,27+/m0/s1. The van der Waals surface area contributed by atoms with Gasteiger partial charge in [0.1, 0.15) is 11.8 Å². The number of methoxy groups -OCH3 is 1. The van der Waals surface area contributed by atoms with Crippen LogP contribution in [0.2, 0.25) is 0 Å². The molecule has 236 valence electrons. The molecule has 3 aromatic carbocycles. The van der Waals surface area contributed by atoms with Crippen molar-refractivity contribution >= 4 is 27.5 Å². The summed E-state index contributed by atoms with van der Waals surface area (Å²) < 4.78 is 29.7. The molecule has 0 aliphatic carbocycles. The monoisotopic (exact) mass is 624 g/mol. The highest BCUT2D eigenvalue weighted by Gasteiger charge is 2.33. The molecule has 3 aromatic rings. The molecule has 0 unspecified atom stereocenters. The summed E-state index contributed by atoms with van der Waals surface area (Å²) in [7, 11) is -2.35. The topological polar surface area (TPSA) is 171 Å². The second kappa shape index (κ2) is 13.9. The molecule has 1 aliphatic heterocycles. The van der Waals surface area contributed by atoms with Gasteiger partial charge in [-0.1, -0.05) is 42.5 Å². The Morgan fingerprint density at radius 3 is 2.50 bits per heavy atom. The van der Waals surface area contributed by atoms with Gasteiger partial charge < -0.3 is 30.5 Å². The highest BCUT2D eigenvalue weighted by Crippen LogP contribution is 2.33. The van der Waals surface area contributed by atoms with Crippen molar-refractivity contribution in [3.8, 4) is 16.9 Å². The van der Waals surface area contributed by atoms with Crippen LogP contribution in [-0.4, -0.2) is 68.4 Å². The van der Waals surface area contributed by atoms with E-state index in [0.29, 0.717) is 29.7 Å². The van der Waals surface area contributed by atoms with E-state index in [1.807, 2.05) is 38.1 Å². The molecule has 0 aromatic heterocycles. The maximum absolute atomic E-state index is 14.0. The van der Waals surface area contributed by atoms with Crippen LogP contribution in [0.15, 0.2) is 71.6 Å². The van der Waals surface area contributed by atoms with Crippen molar-refractivity contribution in [2.24, 2.45) is 5.14 Å². The fourth-order valence-corrected chi connectivity index (χ4v) is 6.03. The minimum Gasteiger partial charge on any atom is -0.497 e. The summed E-state index contributed by atoms with van der Waals surface area (Å²) in [6, 6.07) is 18.5. The van der Waals surface area contributed by atoms with Gasteiger partial charge in [-0.25, -0.2) is 13.6 Å². The molecule has 4 rings (SSSR count). The molecule has 0 bridgehead atoms. The van der Waals surface area contributed by atoms with Crippen LogP contribution in [0.4, 0.5) is 5.69 Å². The third kappa shape index (κ3) is 8.21. The first kappa shape index (κ1) is 33.1. The average molecular weight is 625 g/mol. The Balaban J connectivity index is 1.57. The molecule has 0 spiro atoms. The van der Waals surface area contributed by atoms with Gasteiger partial charge in [0.2, 0.25) is 21.8 Å². The number of rotatable bonds is 12. The lowest BCUT2D eigenvalue weighted by Gasteiger charge is -2.29. The first-order valence-corrected chi connectivity index (χ1v) is 15.9. The van der Waals surface area contributed by atoms with Gasteiger partial charge in [-0.15, -0.1) is 0 Å². The number of sulfonamides is 1. The van der Waals surface area contributed by atoms with Gasteiger partial charge in [0.05, 0.1) is 31.3 Å². The lowest BCUT2D eigenvalue weighted by molar-refractivity contribution is -0.128. The van der Waals surface area contributed by atoms with Crippen molar-refractivity contribution in [1.82, 2.24) is 10.6 Å². The normalized spacial score (nSPS) is 16.2. The number of amides is 2. The molecule has 44 heavy (non-hydrogen) atoms. The minimum atomic E-state index is -3.92. The number of nitrogens with zero attached hydrogens (tertiary/aromatic N) is 1. The second-order valence-corrected chi connectivity index (χ2v) is 13.1. The zero-order valence-electron chi connectivity index (χ0n) is 25.1. The van der Waals surface area contributed by atoms with E-state index in [-0.39, 0.29) is 36.2 Å². The van der Waals surface area contributed by atoms with Crippen LogP contribution in [-0.2, 0) is 32.6 Å². The summed E-state index contributed by atoms with van der Waals surface area (Å²) in [5, 5.41) is 30.2. The Morgan fingerprint density at radius 1 is 1.14 bits per heavy atom. The molecule has 0 radical (unpaired) electrons. The third-order valence-electron chi connectivity index (χ3n) is 7.61. The summed E-state index contributed by atoms with van der Waals surface area (Å²) in [6.07, 6.45) is 0.0360. The summed E-state index contributed by atoms with van der Waals surface area (Å²) in [4.78, 5) is 28.8. The number of β-amino-alcohol motifs (C(OH)–C–C–N with tert-alkyl or cyclic N) is 1. The first-order valence-electron chi connectivity index (χ1n) is 14.3. The summed E-state index contributed by atoms with van der Waals surface area (Å²) in [5.41, 5.74) is 2.89. The smallest absolute Gasteiger partial charge is 0.249 e. The Labute approximate surface area is 258 Å². The number of primary sulfonamides is 1. The Hall–Kier alpha value is -3.81. The Bertz CT molecular complexity index is 1590.